The van der Waals surface area contributed by atoms with Gasteiger partial charge in [0.05, 0.1) is 6.42 Å². The summed E-state index contributed by atoms with van der Waals surface area (Å²) >= 11 is 0. The zero-order valence-corrected chi connectivity index (χ0v) is 13.2. The highest BCUT2D eigenvalue weighted by Gasteiger charge is 2.41. The lowest BCUT2D eigenvalue weighted by atomic mass is 9.86. The van der Waals surface area contributed by atoms with E-state index in [1.807, 2.05) is 11.8 Å². The van der Waals surface area contributed by atoms with Crippen molar-refractivity contribution in [3.8, 4) is 0 Å². The van der Waals surface area contributed by atoms with Crippen molar-refractivity contribution in [1.29, 1.82) is 0 Å². The second-order valence-electron chi connectivity index (χ2n) is 6.29. The van der Waals surface area contributed by atoms with Gasteiger partial charge in [0, 0.05) is 51.2 Å². The van der Waals surface area contributed by atoms with Crippen LogP contribution in [0, 0.1) is 0 Å². The molecule has 1 amide bonds. The summed E-state index contributed by atoms with van der Waals surface area (Å²) in [7, 11) is 2.14. The molecule has 2 aliphatic rings. The van der Waals surface area contributed by atoms with Crippen LogP contribution in [-0.4, -0.2) is 83.5 Å². The second-order valence-corrected chi connectivity index (χ2v) is 6.29. The van der Waals surface area contributed by atoms with Crippen LogP contribution in [0.15, 0.2) is 0 Å². The number of hydrogen-bond acceptors (Lipinski definition) is 4. The van der Waals surface area contributed by atoms with Gasteiger partial charge in [-0.05, 0) is 26.8 Å². The molecule has 1 spiro atoms. The molecule has 0 aromatic rings. The molecule has 2 aliphatic heterocycles. The molecule has 21 heavy (non-hydrogen) atoms. The number of likely N-dealkylation sites (N-methyl/N-ethyl adjacent to an activating group) is 1. The van der Waals surface area contributed by atoms with Crippen LogP contribution >= 0.6 is 0 Å². The van der Waals surface area contributed by atoms with E-state index in [0.717, 1.165) is 45.6 Å². The standard InChI is InChI=1S/C15H27N3O3/c1-3-18-9-7-15(6-4-13(18)19)12-17(8-5-14(20)21)11-10-16(15)2/h3-12H2,1-2H3,(H,20,21)/t15-/m0/s1. The Balaban J connectivity index is 2.04. The molecule has 1 atom stereocenters. The van der Waals surface area contributed by atoms with Gasteiger partial charge in [-0.25, -0.2) is 0 Å². The highest BCUT2D eigenvalue weighted by atomic mass is 16.4. The maximum Gasteiger partial charge on any atom is 0.304 e. The molecule has 0 unspecified atom stereocenters. The number of carboxylic acid groups (broad SMARTS) is 1. The largest absolute Gasteiger partial charge is 0.481 e. The summed E-state index contributed by atoms with van der Waals surface area (Å²) in [5.41, 5.74) is 0.0241. The van der Waals surface area contributed by atoms with Gasteiger partial charge >= 0.3 is 5.97 Å². The average Bonchev–Trinajstić information content (AvgIpc) is 2.61. The van der Waals surface area contributed by atoms with Gasteiger partial charge in [0.1, 0.15) is 0 Å². The van der Waals surface area contributed by atoms with Crippen LogP contribution in [0.4, 0.5) is 0 Å². The Kier molecular flexibility index (Phi) is 5.22. The molecule has 0 aromatic carbocycles. The lowest BCUT2D eigenvalue weighted by molar-refractivity contribution is -0.137. The van der Waals surface area contributed by atoms with Crippen molar-refractivity contribution in [2.75, 3.05) is 46.3 Å². The number of carboxylic acids is 1. The summed E-state index contributed by atoms with van der Waals surface area (Å²) in [6, 6.07) is 0. The third-order valence-electron chi connectivity index (χ3n) is 5.11. The molecule has 0 radical (unpaired) electrons. The quantitative estimate of drug-likeness (QED) is 0.818. The molecule has 0 aromatic heterocycles. The zero-order chi connectivity index (χ0) is 15.5. The zero-order valence-electron chi connectivity index (χ0n) is 13.2. The number of carbonyl (C=O) groups is 2. The van der Waals surface area contributed by atoms with Crippen molar-refractivity contribution in [2.45, 2.75) is 38.1 Å². The van der Waals surface area contributed by atoms with Crippen LogP contribution < -0.4 is 0 Å². The van der Waals surface area contributed by atoms with E-state index in [1.54, 1.807) is 0 Å². The number of amides is 1. The van der Waals surface area contributed by atoms with Gasteiger partial charge in [-0.2, -0.15) is 0 Å². The number of likely N-dealkylation sites (tertiary alicyclic amines) is 1. The van der Waals surface area contributed by atoms with Crippen LogP contribution in [0.1, 0.15) is 32.6 Å². The molecule has 0 aliphatic carbocycles. The van der Waals surface area contributed by atoms with Crippen molar-refractivity contribution in [1.82, 2.24) is 14.7 Å². The van der Waals surface area contributed by atoms with Crippen LogP contribution in [0.5, 0.6) is 0 Å². The molecule has 2 rings (SSSR count). The first-order valence-corrected chi connectivity index (χ1v) is 7.90. The van der Waals surface area contributed by atoms with E-state index in [-0.39, 0.29) is 17.9 Å². The molecule has 6 nitrogen and oxygen atoms in total. The van der Waals surface area contributed by atoms with E-state index in [1.165, 1.54) is 0 Å². The summed E-state index contributed by atoms with van der Waals surface area (Å²) in [5, 5.41) is 8.86. The minimum Gasteiger partial charge on any atom is -0.481 e. The number of piperazine rings is 1. The topological polar surface area (TPSA) is 64.1 Å². The summed E-state index contributed by atoms with van der Waals surface area (Å²) < 4.78 is 0. The molecule has 1 N–H and O–H groups in total. The van der Waals surface area contributed by atoms with Gasteiger partial charge in [0.15, 0.2) is 0 Å². The van der Waals surface area contributed by atoms with Crippen LogP contribution in [0.3, 0.4) is 0 Å². The number of hydrogen-bond donors (Lipinski definition) is 1. The highest BCUT2D eigenvalue weighted by Crippen LogP contribution is 2.32. The predicted molar refractivity (Wildman–Crippen MR) is 80.2 cm³/mol. The Morgan fingerprint density at radius 3 is 2.71 bits per heavy atom. The van der Waals surface area contributed by atoms with Crippen molar-refractivity contribution >= 4 is 11.9 Å². The third-order valence-corrected chi connectivity index (χ3v) is 5.11. The van der Waals surface area contributed by atoms with Gasteiger partial charge in [-0.3, -0.25) is 19.4 Å². The molecular weight excluding hydrogens is 270 g/mol. The van der Waals surface area contributed by atoms with E-state index in [4.69, 9.17) is 5.11 Å². The molecule has 0 bridgehead atoms. The van der Waals surface area contributed by atoms with Crippen LogP contribution in [-0.2, 0) is 9.59 Å². The van der Waals surface area contributed by atoms with Crippen molar-refractivity contribution in [3.63, 3.8) is 0 Å². The normalized spacial score (nSPS) is 28.9. The first-order valence-electron chi connectivity index (χ1n) is 7.90. The summed E-state index contributed by atoms with van der Waals surface area (Å²) in [5.74, 6) is -0.485. The molecular formula is C15H27N3O3. The molecule has 0 saturated carbocycles. The minimum atomic E-state index is -0.740. The average molecular weight is 297 g/mol. The maximum atomic E-state index is 12.1. The second kappa shape index (κ2) is 6.75. The monoisotopic (exact) mass is 297 g/mol. The van der Waals surface area contributed by atoms with Crippen molar-refractivity contribution < 1.29 is 14.7 Å². The Hall–Kier alpha value is -1.14. The van der Waals surface area contributed by atoms with Crippen molar-refractivity contribution in [3.05, 3.63) is 0 Å². The van der Waals surface area contributed by atoms with E-state index in [0.29, 0.717) is 13.0 Å². The van der Waals surface area contributed by atoms with Gasteiger partial charge < -0.3 is 10.0 Å². The van der Waals surface area contributed by atoms with Gasteiger partial charge in [0.25, 0.3) is 0 Å². The van der Waals surface area contributed by atoms with Gasteiger partial charge in [-0.1, -0.05) is 0 Å². The summed E-state index contributed by atoms with van der Waals surface area (Å²) in [4.78, 5) is 29.4. The van der Waals surface area contributed by atoms with E-state index in [2.05, 4.69) is 16.8 Å². The molecule has 2 saturated heterocycles. The Morgan fingerprint density at radius 1 is 1.29 bits per heavy atom. The maximum absolute atomic E-state index is 12.1. The number of carbonyl (C=O) groups excluding carboxylic acids is 1. The Labute approximate surface area is 126 Å². The highest BCUT2D eigenvalue weighted by molar-refractivity contribution is 5.76. The summed E-state index contributed by atoms with van der Waals surface area (Å²) in [6.45, 7) is 6.96. The fourth-order valence-electron chi connectivity index (χ4n) is 3.55. The SMILES string of the molecule is CCN1CC[C@@]2(CCC1=O)CN(CCC(=O)O)CCN2C. The molecule has 6 heteroatoms. The van der Waals surface area contributed by atoms with Gasteiger partial charge in [0.2, 0.25) is 5.91 Å². The molecule has 120 valence electrons. The lowest BCUT2D eigenvalue weighted by Crippen LogP contribution is -2.61. The number of aliphatic carboxylic acids is 1. The Bertz CT molecular complexity index is 402. The van der Waals surface area contributed by atoms with Crippen LogP contribution in [0.2, 0.25) is 0 Å². The van der Waals surface area contributed by atoms with Gasteiger partial charge in [-0.15, -0.1) is 0 Å². The van der Waals surface area contributed by atoms with E-state index in [9.17, 15) is 9.59 Å². The molecule has 2 heterocycles. The number of rotatable bonds is 4. The minimum absolute atomic E-state index is 0.0241. The number of nitrogens with zero attached hydrogens (tertiary/aromatic N) is 3. The van der Waals surface area contributed by atoms with Crippen molar-refractivity contribution in [2.24, 2.45) is 0 Å². The molecule has 2 fully saturated rings. The van der Waals surface area contributed by atoms with E-state index >= 15 is 0 Å². The smallest absolute Gasteiger partial charge is 0.304 e. The lowest BCUT2D eigenvalue weighted by Gasteiger charge is -2.49. The fourth-order valence-corrected chi connectivity index (χ4v) is 3.55. The first-order chi connectivity index (χ1) is 9.97. The third kappa shape index (κ3) is 3.74. The first kappa shape index (κ1) is 16.2. The predicted octanol–water partition coefficient (Wildman–Crippen LogP) is 0.480. The summed E-state index contributed by atoms with van der Waals surface area (Å²) in [6.07, 6.45) is 2.65. The Morgan fingerprint density at radius 2 is 2.05 bits per heavy atom. The van der Waals surface area contributed by atoms with Crippen LogP contribution in [0.25, 0.3) is 0 Å². The van der Waals surface area contributed by atoms with E-state index < -0.39 is 5.97 Å². The fraction of sp³-hybridized carbons (Fsp3) is 0.867.